The predicted molar refractivity (Wildman–Crippen MR) is 112 cm³/mol. The maximum Gasteiger partial charge on any atom is 0.260 e. The van der Waals surface area contributed by atoms with Gasteiger partial charge in [0.25, 0.3) is 5.91 Å². The van der Waals surface area contributed by atoms with E-state index in [1.165, 1.54) is 0 Å². The van der Waals surface area contributed by atoms with Gasteiger partial charge in [-0.3, -0.25) is 9.59 Å². The number of benzene rings is 2. The van der Waals surface area contributed by atoms with Crippen LogP contribution < -0.4 is 14.8 Å². The van der Waals surface area contributed by atoms with Gasteiger partial charge in [0.05, 0.1) is 6.61 Å². The highest BCUT2D eigenvalue weighted by Gasteiger charge is 2.27. The van der Waals surface area contributed by atoms with Crippen LogP contribution in [0.15, 0.2) is 54.6 Å². The van der Waals surface area contributed by atoms with Gasteiger partial charge in [-0.1, -0.05) is 25.1 Å². The van der Waals surface area contributed by atoms with E-state index in [0.717, 1.165) is 17.9 Å². The van der Waals surface area contributed by atoms with E-state index in [2.05, 4.69) is 12.2 Å². The highest BCUT2D eigenvalue weighted by molar-refractivity contribution is 5.92. The van der Waals surface area contributed by atoms with E-state index in [0.29, 0.717) is 38.3 Å². The van der Waals surface area contributed by atoms with Crippen molar-refractivity contribution in [1.82, 2.24) is 4.90 Å². The lowest BCUT2D eigenvalue weighted by Gasteiger charge is -2.31. The van der Waals surface area contributed by atoms with E-state index in [1.807, 2.05) is 42.5 Å². The molecule has 2 aromatic carbocycles. The molecule has 6 heteroatoms. The quantitative estimate of drug-likeness (QED) is 0.738. The molecule has 0 bridgehead atoms. The first-order chi connectivity index (χ1) is 14.2. The highest BCUT2D eigenvalue weighted by atomic mass is 16.5. The lowest BCUT2D eigenvalue weighted by atomic mass is 9.95. The van der Waals surface area contributed by atoms with Gasteiger partial charge in [-0.2, -0.15) is 0 Å². The lowest BCUT2D eigenvalue weighted by Crippen LogP contribution is -2.43. The van der Waals surface area contributed by atoms with Crippen molar-refractivity contribution in [3.63, 3.8) is 0 Å². The number of rotatable bonds is 8. The summed E-state index contributed by atoms with van der Waals surface area (Å²) in [4.78, 5) is 26.6. The summed E-state index contributed by atoms with van der Waals surface area (Å²) in [6.07, 6.45) is 2.28. The van der Waals surface area contributed by atoms with Crippen LogP contribution in [0.5, 0.6) is 11.5 Å². The molecule has 1 heterocycles. The number of likely N-dealkylation sites (tertiary alicyclic amines) is 1. The van der Waals surface area contributed by atoms with Crippen LogP contribution in [0.4, 0.5) is 5.69 Å². The Bertz CT molecular complexity index is 784. The van der Waals surface area contributed by atoms with Crippen LogP contribution >= 0.6 is 0 Å². The number of carbonyl (C=O) groups is 2. The Labute approximate surface area is 171 Å². The Hall–Kier alpha value is -3.02. The minimum absolute atomic E-state index is 0.00393. The number of anilines is 1. The first kappa shape index (κ1) is 20.7. The molecule has 0 atom stereocenters. The predicted octanol–water partition coefficient (Wildman–Crippen LogP) is 3.73. The van der Waals surface area contributed by atoms with Crippen LogP contribution in [-0.4, -0.2) is 43.0 Å². The second-order valence-electron chi connectivity index (χ2n) is 7.12. The van der Waals surface area contributed by atoms with Crippen LogP contribution in [0.1, 0.15) is 26.2 Å². The number of nitrogens with zero attached hydrogens (tertiary/aromatic N) is 1. The molecule has 154 valence electrons. The fraction of sp³-hybridized carbons (Fsp3) is 0.391. The van der Waals surface area contributed by atoms with Crippen molar-refractivity contribution in [1.29, 1.82) is 0 Å². The van der Waals surface area contributed by atoms with Crippen molar-refractivity contribution in [2.24, 2.45) is 5.92 Å². The number of ether oxygens (including phenoxy) is 2. The number of amides is 2. The zero-order valence-corrected chi connectivity index (χ0v) is 16.8. The number of hydrogen-bond donors (Lipinski definition) is 1. The minimum atomic E-state index is -0.0733. The molecule has 2 amide bonds. The van der Waals surface area contributed by atoms with Crippen molar-refractivity contribution in [2.75, 3.05) is 31.6 Å². The molecular formula is C23H28N2O4. The van der Waals surface area contributed by atoms with Crippen LogP contribution in [0, 0.1) is 5.92 Å². The molecule has 0 spiro atoms. The average Bonchev–Trinajstić information content (AvgIpc) is 2.77. The molecular weight excluding hydrogens is 368 g/mol. The van der Waals surface area contributed by atoms with E-state index in [-0.39, 0.29) is 24.3 Å². The van der Waals surface area contributed by atoms with Gasteiger partial charge in [0.1, 0.15) is 11.5 Å². The standard InChI is InChI=1S/C23H28N2O4/c1-2-16-28-20-8-10-21(11-9-20)29-17-22(26)25-14-12-18(13-15-25)23(27)24-19-6-4-3-5-7-19/h3-11,18H,2,12-17H2,1H3,(H,24,27). The summed E-state index contributed by atoms with van der Waals surface area (Å²) in [6.45, 7) is 3.87. The fourth-order valence-electron chi connectivity index (χ4n) is 3.25. The first-order valence-electron chi connectivity index (χ1n) is 10.1. The van der Waals surface area contributed by atoms with Crippen molar-refractivity contribution in [3.05, 3.63) is 54.6 Å². The molecule has 0 unspecified atom stereocenters. The molecule has 1 aliphatic rings. The molecule has 1 N–H and O–H groups in total. The molecule has 1 fully saturated rings. The van der Waals surface area contributed by atoms with Gasteiger partial charge >= 0.3 is 0 Å². The van der Waals surface area contributed by atoms with Crippen LogP contribution in [0.25, 0.3) is 0 Å². The third-order valence-corrected chi connectivity index (χ3v) is 4.92. The van der Waals surface area contributed by atoms with E-state index < -0.39 is 0 Å². The number of hydrogen-bond acceptors (Lipinski definition) is 4. The topological polar surface area (TPSA) is 67.9 Å². The first-order valence-corrected chi connectivity index (χ1v) is 10.1. The Morgan fingerprint density at radius 1 is 0.966 bits per heavy atom. The van der Waals surface area contributed by atoms with Crippen molar-refractivity contribution in [3.8, 4) is 11.5 Å². The molecule has 2 aromatic rings. The van der Waals surface area contributed by atoms with E-state index in [4.69, 9.17) is 9.47 Å². The monoisotopic (exact) mass is 396 g/mol. The van der Waals surface area contributed by atoms with Gasteiger partial charge in [0, 0.05) is 24.7 Å². The molecule has 0 aromatic heterocycles. The number of nitrogens with one attached hydrogen (secondary N) is 1. The Morgan fingerprint density at radius 3 is 2.21 bits per heavy atom. The summed E-state index contributed by atoms with van der Waals surface area (Å²) in [5.74, 6) is 1.32. The molecule has 29 heavy (non-hydrogen) atoms. The van der Waals surface area contributed by atoms with Gasteiger partial charge in [0.2, 0.25) is 5.91 Å². The molecule has 3 rings (SSSR count). The van der Waals surface area contributed by atoms with Crippen molar-refractivity contribution in [2.45, 2.75) is 26.2 Å². The molecule has 1 saturated heterocycles. The van der Waals surface area contributed by atoms with E-state index in [1.54, 1.807) is 17.0 Å². The minimum Gasteiger partial charge on any atom is -0.494 e. The number of piperidine rings is 1. The second kappa shape index (κ2) is 10.5. The van der Waals surface area contributed by atoms with Gasteiger partial charge < -0.3 is 19.7 Å². The van der Waals surface area contributed by atoms with Gasteiger partial charge in [0.15, 0.2) is 6.61 Å². The average molecular weight is 396 g/mol. The van der Waals surface area contributed by atoms with Crippen molar-refractivity contribution < 1.29 is 19.1 Å². The number of carbonyl (C=O) groups excluding carboxylic acids is 2. The third-order valence-electron chi connectivity index (χ3n) is 4.92. The summed E-state index contributed by atoms with van der Waals surface area (Å²) in [5.41, 5.74) is 0.801. The van der Waals surface area contributed by atoms with Crippen LogP contribution in [-0.2, 0) is 9.59 Å². The summed E-state index contributed by atoms with van der Waals surface area (Å²) in [6, 6.07) is 16.7. The summed E-state index contributed by atoms with van der Waals surface area (Å²) >= 11 is 0. The largest absolute Gasteiger partial charge is 0.494 e. The van der Waals surface area contributed by atoms with Gasteiger partial charge in [-0.25, -0.2) is 0 Å². The van der Waals surface area contributed by atoms with Crippen molar-refractivity contribution >= 4 is 17.5 Å². The maximum absolute atomic E-state index is 12.4. The lowest BCUT2D eigenvalue weighted by molar-refractivity contribution is -0.136. The Kier molecular flexibility index (Phi) is 7.50. The smallest absolute Gasteiger partial charge is 0.260 e. The Morgan fingerprint density at radius 2 is 1.59 bits per heavy atom. The molecule has 1 aliphatic heterocycles. The van der Waals surface area contributed by atoms with Gasteiger partial charge in [-0.15, -0.1) is 0 Å². The third kappa shape index (κ3) is 6.24. The maximum atomic E-state index is 12.4. The zero-order valence-electron chi connectivity index (χ0n) is 16.8. The molecule has 6 nitrogen and oxygen atoms in total. The molecule has 0 radical (unpaired) electrons. The molecule has 0 saturated carbocycles. The second-order valence-corrected chi connectivity index (χ2v) is 7.12. The van der Waals surface area contributed by atoms with E-state index in [9.17, 15) is 9.59 Å². The highest BCUT2D eigenvalue weighted by Crippen LogP contribution is 2.21. The van der Waals surface area contributed by atoms with Crippen LogP contribution in [0.3, 0.4) is 0 Å². The number of para-hydroxylation sites is 1. The van der Waals surface area contributed by atoms with Gasteiger partial charge in [-0.05, 0) is 55.7 Å². The SMILES string of the molecule is CCCOc1ccc(OCC(=O)N2CCC(C(=O)Nc3ccccc3)CC2)cc1. The summed E-state index contributed by atoms with van der Waals surface area (Å²) < 4.78 is 11.1. The normalized spacial score (nSPS) is 14.3. The van der Waals surface area contributed by atoms with Crippen LogP contribution in [0.2, 0.25) is 0 Å². The Balaban J connectivity index is 1.40. The summed E-state index contributed by atoms with van der Waals surface area (Å²) in [5, 5.41) is 2.94. The summed E-state index contributed by atoms with van der Waals surface area (Å²) in [7, 11) is 0. The fourth-order valence-corrected chi connectivity index (χ4v) is 3.25. The van der Waals surface area contributed by atoms with E-state index >= 15 is 0 Å². The zero-order chi connectivity index (χ0) is 20.5. The molecule has 0 aliphatic carbocycles.